The van der Waals surface area contributed by atoms with Crippen LogP contribution in [0.5, 0.6) is 0 Å². The molecule has 0 aromatic heterocycles. The Hall–Kier alpha value is -1.94. The van der Waals surface area contributed by atoms with Gasteiger partial charge < -0.3 is 33.8 Å². The zero-order valence-corrected chi connectivity index (χ0v) is 72.1. The van der Waals surface area contributed by atoms with Gasteiger partial charge in [-0.3, -0.25) is 37.3 Å². The number of carbonyl (C=O) groups is 4. The number of phosphoric acid groups is 2. The van der Waals surface area contributed by atoms with Crippen LogP contribution in [0.15, 0.2) is 0 Å². The van der Waals surface area contributed by atoms with Crippen LogP contribution in [-0.2, 0) is 65.4 Å². The van der Waals surface area contributed by atoms with Gasteiger partial charge >= 0.3 is 39.5 Å². The summed E-state index contributed by atoms with van der Waals surface area (Å²) in [6, 6.07) is 0. The lowest BCUT2D eigenvalue weighted by atomic mass is 10.0. The summed E-state index contributed by atoms with van der Waals surface area (Å²) >= 11 is 0. The number of hydrogen-bond donors (Lipinski definition) is 3. The Labute approximate surface area is 658 Å². The molecule has 0 heterocycles. The van der Waals surface area contributed by atoms with E-state index >= 15 is 0 Å². The van der Waals surface area contributed by atoms with E-state index < -0.39 is 97.5 Å². The monoisotopic (exact) mass is 1560 g/mol. The standard InChI is InChI=1S/C88H172O17P2/c1-6-9-12-15-18-21-24-27-29-31-33-35-37-39-41-44-47-53-58-63-68-73-87(92)104-83(77-99-86(91)72-67-62-57-52-46-43-40-38-36-34-32-30-28-25-22-19-16-13-10-7-2)79-102-106(94,95)100-75-82(89)76-101-107(96,97)103-80-84(105-88(93)74-69-64-59-54-49-48-50-55-60-65-70-81(4)5)78-98-85(90)71-66-61-56-51-45-42-26-23-20-17-14-11-8-3/h81-84,89H,6-80H2,1-5H3,(H,94,95)(H,96,97)/t82-,83-,84-/m1/s1. The van der Waals surface area contributed by atoms with Gasteiger partial charge in [0.15, 0.2) is 12.2 Å². The third-order valence-electron chi connectivity index (χ3n) is 20.8. The molecule has 107 heavy (non-hydrogen) atoms. The van der Waals surface area contributed by atoms with Crippen LogP contribution in [0.2, 0.25) is 0 Å². The SMILES string of the molecule is CCCCCCCCCCCCCCCCCCCCCCCC(=O)O[C@H](COC(=O)CCCCCCCCCCCCCCCCCCCCCC)COP(=O)(O)OC[C@@H](O)COP(=O)(O)OC[C@@H](COC(=O)CCCCCCCCCCCCCCC)OC(=O)CCCCCCCCCCCCC(C)C. The third-order valence-corrected chi connectivity index (χ3v) is 22.7. The summed E-state index contributed by atoms with van der Waals surface area (Å²) in [7, 11) is -9.93. The number of unbranched alkanes of at least 4 members (excludes halogenated alkanes) is 60. The highest BCUT2D eigenvalue weighted by Crippen LogP contribution is 2.45. The fraction of sp³-hybridized carbons (Fsp3) is 0.955. The van der Waals surface area contributed by atoms with Crippen molar-refractivity contribution in [2.45, 2.75) is 496 Å². The van der Waals surface area contributed by atoms with Crippen LogP contribution in [0.25, 0.3) is 0 Å². The van der Waals surface area contributed by atoms with Gasteiger partial charge in [0.1, 0.15) is 19.3 Å². The van der Waals surface area contributed by atoms with E-state index in [4.69, 9.17) is 37.0 Å². The van der Waals surface area contributed by atoms with Crippen molar-refractivity contribution >= 4 is 39.5 Å². The minimum atomic E-state index is -4.97. The van der Waals surface area contributed by atoms with E-state index in [0.29, 0.717) is 25.7 Å². The van der Waals surface area contributed by atoms with E-state index in [1.807, 2.05) is 0 Å². The Bertz CT molecular complexity index is 2030. The number of hydrogen-bond acceptors (Lipinski definition) is 15. The molecule has 0 spiro atoms. The molecular weight excluding hydrogens is 1390 g/mol. The average molecular weight is 1560 g/mol. The first kappa shape index (κ1) is 105. The summed E-state index contributed by atoms with van der Waals surface area (Å²) < 4.78 is 69.0. The van der Waals surface area contributed by atoms with E-state index in [1.54, 1.807) is 0 Å². The molecule has 0 saturated heterocycles. The van der Waals surface area contributed by atoms with Gasteiger partial charge in [-0.25, -0.2) is 9.13 Å². The first-order chi connectivity index (χ1) is 52.0. The number of rotatable bonds is 88. The van der Waals surface area contributed by atoms with Crippen LogP contribution >= 0.6 is 15.6 Å². The molecule has 0 aliphatic heterocycles. The van der Waals surface area contributed by atoms with E-state index in [2.05, 4.69) is 34.6 Å². The number of carbonyl (C=O) groups excluding carboxylic acids is 4. The lowest BCUT2D eigenvalue weighted by Gasteiger charge is -2.21. The molecule has 0 bridgehead atoms. The van der Waals surface area contributed by atoms with Crippen LogP contribution < -0.4 is 0 Å². The summed E-state index contributed by atoms with van der Waals surface area (Å²) in [5.41, 5.74) is 0. The maximum absolute atomic E-state index is 13.2. The molecule has 0 radical (unpaired) electrons. The second-order valence-electron chi connectivity index (χ2n) is 32.1. The Balaban J connectivity index is 5.23. The molecule has 17 nitrogen and oxygen atoms in total. The zero-order chi connectivity index (χ0) is 78.3. The highest BCUT2D eigenvalue weighted by molar-refractivity contribution is 7.47. The fourth-order valence-corrected chi connectivity index (χ4v) is 15.4. The van der Waals surface area contributed by atoms with E-state index in [-0.39, 0.29) is 25.7 Å². The quantitative estimate of drug-likeness (QED) is 0.0222. The summed E-state index contributed by atoms with van der Waals surface area (Å²) in [5, 5.41) is 10.7. The largest absolute Gasteiger partial charge is 0.472 e. The highest BCUT2D eigenvalue weighted by Gasteiger charge is 2.30. The first-order valence-corrected chi connectivity index (χ1v) is 48.6. The van der Waals surface area contributed by atoms with Crippen LogP contribution in [0.1, 0.15) is 478 Å². The summed E-state index contributed by atoms with van der Waals surface area (Å²) in [4.78, 5) is 73.3. The van der Waals surface area contributed by atoms with Crippen molar-refractivity contribution in [1.29, 1.82) is 0 Å². The van der Waals surface area contributed by atoms with Gasteiger partial charge in [0.2, 0.25) is 0 Å². The number of esters is 4. The fourth-order valence-electron chi connectivity index (χ4n) is 13.8. The number of aliphatic hydroxyl groups excluding tert-OH is 1. The van der Waals surface area contributed by atoms with Gasteiger partial charge in [0, 0.05) is 25.7 Å². The van der Waals surface area contributed by atoms with Crippen LogP contribution in [-0.4, -0.2) is 96.7 Å². The molecule has 5 atom stereocenters. The molecule has 0 aliphatic carbocycles. The molecule has 0 aromatic carbocycles. The lowest BCUT2D eigenvalue weighted by Crippen LogP contribution is -2.30. The van der Waals surface area contributed by atoms with Gasteiger partial charge in [-0.1, -0.05) is 426 Å². The minimum absolute atomic E-state index is 0.107. The smallest absolute Gasteiger partial charge is 0.462 e. The van der Waals surface area contributed by atoms with E-state index in [9.17, 15) is 43.2 Å². The molecule has 0 amide bonds. The van der Waals surface area contributed by atoms with Crippen molar-refractivity contribution < 1.29 is 80.2 Å². The Kier molecular flexibility index (Phi) is 79.2. The maximum atomic E-state index is 13.2. The topological polar surface area (TPSA) is 237 Å². The Morgan fingerprint density at radius 1 is 0.252 bits per heavy atom. The van der Waals surface area contributed by atoms with Gasteiger partial charge in [-0.15, -0.1) is 0 Å². The van der Waals surface area contributed by atoms with Crippen molar-refractivity contribution in [2.75, 3.05) is 39.6 Å². The first-order valence-electron chi connectivity index (χ1n) is 45.6. The van der Waals surface area contributed by atoms with Crippen LogP contribution in [0.4, 0.5) is 0 Å². The molecule has 19 heteroatoms. The normalized spacial score (nSPS) is 13.7. The average Bonchev–Trinajstić information content (AvgIpc) is 0.912. The van der Waals surface area contributed by atoms with Gasteiger partial charge in [-0.05, 0) is 31.6 Å². The third kappa shape index (κ3) is 81.9. The van der Waals surface area contributed by atoms with Crippen LogP contribution in [0.3, 0.4) is 0 Å². The van der Waals surface area contributed by atoms with Gasteiger partial charge in [0.05, 0.1) is 26.4 Å². The zero-order valence-electron chi connectivity index (χ0n) is 70.3. The second-order valence-corrected chi connectivity index (χ2v) is 35.0. The number of ether oxygens (including phenoxy) is 4. The number of phosphoric ester groups is 2. The van der Waals surface area contributed by atoms with Crippen LogP contribution in [0, 0.1) is 5.92 Å². The highest BCUT2D eigenvalue weighted by atomic mass is 31.2. The molecular formula is C88H172O17P2. The van der Waals surface area contributed by atoms with Crippen molar-refractivity contribution in [1.82, 2.24) is 0 Å². The Morgan fingerprint density at radius 2 is 0.430 bits per heavy atom. The molecule has 0 fully saturated rings. The molecule has 636 valence electrons. The summed E-state index contributed by atoms with van der Waals surface area (Å²) in [6.07, 6.45) is 75.1. The van der Waals surface area contributed by atoms with Crippen molar-refractivity contribution in [3.63, 3.8) is 0 Å². The minimum Gasteiger partial charge on any atom is -0.462 e. The predicted molar refractivity (Wildman–Crippen MR) is 442 cm³/mol. The van der Waals surface area contributed by atoms with Crippen molar-refractivity contribution in [3.8, 4) is 0 Å². The molecule has 3 N–H and O–H groups in total. The number of aliphatic hydroxyl groups is 1. The molecule has 2 unspecified atom stereocenters. The summed E-state index contributed by atoms with van der Waals surface area (Å²) in [6.45, 7) is 7.36. The molecule has 0 aliphatic rings. The second kappa shape index (κ2) is 80.7. The van der Waals surface area contributed by atoms with E-state index in [0.717, 1.165) is 95.8 Å². The molecule has 0 saturated carbocycles. The molecule has 0 aromatic rings. The lowest BCUT2D eigenvalue weighted by molar-refractivity contribution is -0.161. The van der Waals surface area contributed by atoms with Crippen molar-refractivity contribution in [2.24, 2.45) is 5.92 Å². The van der Waals surface area contributed by atoms with Gasteiger partial charge in [-0.2, -0.15) is 0 Å². The van der Waals surface area contributed by atoms with E-state index in [1.165, 1.54) is 302 Å². The van der Waals surface area contributed by atoms with Crippen molar-refractivity contribution in [3.05, 3.63) is 0 Å². The maximum Gasteiger partial charge on any atom is 0.472 e. The van der Waals surface area contributed by atoms with Gasteiger partial charge in [0.25, 0.3) is 0 Å². The predicted octanol–water partition coefficient (Wildman–Crippen LogP) is 27.2. The summed E-state index contributed by atoms with van der Waals surface area (Å²) in [5.74, 6) is -1.35. The Morgan fingerprint density at radius 3 is 0.636 bits per heavy atom. The molecule has 0 rings (SSSR count).